The van der Waals surface area contributed by atoms with E-state index in [2.05, 4.69) is 15.5 Å². The van der Waals surface area contributed by atoms with Gasteiger partial charge in [0.05, 0.1) is 18.8 Å². The monoisotopic (exact) mass is 325 g/mol. The lowest BCUT2D eigenvalue weighted by atomic mass is 10.2. The van der Waals surface area contributed by atoms with E-state index >= 15 is 0 Å². The van der Waals surface area contributed by atoms with Gasteiger partial charge >= 0.3 is 0 Å². The number of carbonyl (C=O) groups is 2. The summed E-state index contributed by atoms with van der Waals surface area (Å²) in [6.45, 7) is 1.36. The molecule has 0 atom stereocenters. The van der Waals surface area contributed by atoms with E-state index in [4.69, 9.17) is 4.74 Å². The fraction of sp³-hybridized carbons (Fsp3) is 0.222. The molecular weight excluding hydrogens is 306 g/mol. The molecule has 24 heavy (non-hydrogen) atoms. The molecule has 1 aliphatic heterocycles. The molecule has 0 unspecified atom stereocenters. The Morgan fingerprint density at radius 1 is 1.17 bits per heavy atom. The molecule has 0 saturated heterocycles. The minimum Gasteiger partial charge on any atom is -0.489 e. The van der Waals surface area contributed by atoms with E-state index in [-0.39, 0.29) is 18.4 Å². The number of nitrogens with one attached hydrogen (secondary N) is 2. The third-order valence-electron chi connectivity index (χ3n) is 3.78. The van der Waals surface area contributed by atoms with Crippen molar-refractivity contribution < 1.29 is 14.3 Å². The number of hydrogen-bond acceptors (Lipinski definition) is 4. The number of carbonyl (C=O) groups excluding carboxylic acids is 2. The van der Waals surface area contributed by atoms with Crippen LogP contribution in [0.2, 0.25) is 0 Å². The fourth-order valence-electron chi connectivity index (χ4n) is 2.49. The molecule has 2 N–H and O–H groups in total. The highest BCUT2D eigenvalue weighted by Gasteiger charge is 2.15. The molecule has 124 valence electrons. The molecule has 6 nitrogen and oxygen atoms in total. The van der Waals surface area contributed by atoms with E-state index in [0.29, 0.717) is 17.9 Å². The van der Waals surface area contributed by atoms with Gasteiger partial charge in [-0.2, -0.15) is 0 Å². The summed E-state index contributed by atoms with van der Waals surface area (Å²) >= 11 is 0. The summed E-state index contributed by atoms with van der Waals surface area (Å²) in [5.41, 5.74) is 2.16. The lowest BCUT2D eigenvalue weighted by molar-refractivity contribution is -0.115. The van der Waals surface area contributed by atoms with Crippen LogP contribution in [0.1, 0.15) is 10.4 Å². The molecule has 2 aromatic rings. The molecule has 3 rings (SSSR count). The first-order chi connectivity index (χ1) is 11.6. The summed E-state index contributed by atoms with van der Waals surface area (Å²) in [5.74, 6) is 0.180. The van der Waals surface area contributed by atoms with Crippen LogP contribution in [0.5, 0.6) is 5.75 Å². The van der Waals surface area contributed by atoms with Crippen LogP contribution in [0.25, 0.3) is 0 Å². The van der Waals surface area contributed by atoms with Gasteiger partial charge in [-0.1, -0.05) is 18.2 Å². The van der Waals surface area contributed by atoms with Crippen molar-refractivity contribution >= 4 is 23.2 Å². The predicted molar refractivity (Wildman–Crippen MR) is 92.6 cm³/mol. The number of anilines is 2. The van der Waals surface area contributed by atoms with Gasteiger partial charge in [0.15, 0.2) is 0 Å². The summed E-state index contributed by atoms with van der Waals surface area (Å²) in [6, 6.07) is 14.3. The third-order valence-corrected chi connectivity index (χ3v) is 3.78. The number of rotatable bonds is 4. The fourth-order valence-corrected chi connectivity index (χ4v) is 2.49. The normalized spacial score (nSPS) is 12.8. The topological polar surface area (TPSA) is 70.7 Å². The van der Waals surface area contributed by atoms with Gasteiger partial charge in [-0.05, 0) is 24.3 Å². The van der Waals surface area contributed by atoms with Gasteiger partial charge in [-0.15, -0.1) is 0 Å². The lowest BCUT2D eigenvalue weighted by Gasteiger charge is -2.27. The molecule has 0 radical (unpaired) electrons. The van der Waals surface area contributed by atoms with Crippen LogP contribution in [-0.2, 0) is 4.79 Å². The number of likely N-dealkylation sites (N-methyl/N-ethyl adjacent to an activating group) is 1. The number of hydrogen-bond donors (Lipinski definition) is 2. The van der Waals surface area contributed by atoms with Crippen LogP contribution in [0, 0.1) is 0 Å². The quantitative estimate of drug-likeness (QED) is 0.900. The van der Waals surface area contributed by atoms with Crippen LogP contribution < -0.4 is 20.3 Å². The minimum absolute atomic E-state index is 0.0917. The maximum Gasteiger partial charge on any atom is 0.251 e. The van der Waals surface area contributed by atoms with Crippen LogP contribution in [0.4, 0.5) is 11.4 Å². The maximum absolute atomic E-state index is 12.0. The van der Waals surface area contributed by atoms with Crippen LogP contribution in [-0.4, -0.2) is 38.6 Å². The summed E-state index contributed by atoms with van der Waals surface area (Å²) in [6.07, 6.45) is 0. The van der Waals surface area contributed by atoms with E-state index in [1.54, 1.807) is 30.3 Å². The van der Waals surface area contributed by atoms with Crippen molar-refractivity contribution in [3.63, 3.8) is 0 Å². The highest BCUT2D eigenvalue weighted by molar-refractivity contribution is 5.99. The van der Waals surface area contributed by atoms with Gasteiger partial charge in [0, 0.05) is 24.4 Å². The summed E-state index contributed by atoms with van der Waals surface area (Å²) in [7, 11) is 2.00. The van der Waals surface area contributed by atoms with Gasteiger partial charge in [-0.3, -0.25) is 9.59 Å². The average molecular weight is 325 g/mol. The Morgan fingerprint density at radius 2 is 1.96 bits per heavy atom. The van der Waals surface area contributed by atoms with Crippen LogP contribution >= 0.6 is 0 Å². The number of benzene rings is 2. The molecule has 2 aromatic carbocycles. The Labute approximate surface area is 140 Å². The molecule has 1 heterocycles. The molecule has 0 aliphatic carbocycles. The van der Waals surface area contributed by atoms with E-state index in [9.17, 15) is 9.59 Å². The summed E-state index contributed by atoms with van der Waals surface area (Å²) < 4.78 is 5.61. The van der Waals surface area contributed by atoms with Crippen molar-refractivity contribution in [1.29, 1.82) is 0 Å². The predicted octanol–water partition coefficient (Wildman–Crippen LogP) is 1.88. The molecule has 6 heteroatoms. The molecule has 1 aliphatic rings. The van der Waals surface area contributed by atoms with Crippen molar-refractivity contribution in [1.82, 2.24) is 5.32 Å². The Hall–Kier alpha value is -3.02. The first kappa shape index (κ1) is 15.9. The van der Waals surface area contributed by atoms with E-state index in [0.717, 1.165) is 18.0 Å². The minimum atomic E-state index is -0.289. The zero-order valence-electron chi connectivity index (χ0n) is 13.4. The van der Waals surface area contributed by atoms with E-state index < -0.39 is 0 Å². The van der Waals surface area contributed by atoms with Crippen molar-refractivity contribution in [2.75, 3.05) is 37.0 Å². The molecule has 0 bridgehead atoms. The van der Waals surface area contributed by atoms with Gasteiger partial charge in [0.1, 0.15) is 12.4 Å². The summed E-state index contributed by atoms with van der Waals surface area (Å²) in [4.78, 5) is 26.0. The summed E-state index contributed by atoms with van der Waals surface area (Å²) in [5, 5.41) is 5.36. The zero-order valence-corrected chi connectivity index (χ0v) is 13.4. The molecule has 2 amide bonds. The highest BCUT2D eigenvalue weighted by atomic mass is 16.5. The van der Waals surface area contributed by atoms with Crippen LogP contribution in [0.15, 0.2) is 48.5 Å². The van der Waals surface area contributed by atoms with E-state index in [1.807, 2.05) is 25.2 Å². The van der Waals surface area contributed by atoms with Gasteiger partial charge in [0.25, 0.3) is 5.91 Å². The third kappa shape index (κ3) is 3.65. The Kier molecular flexibility index (Phi) is 4.65. The zero-order chi connectivity index (χ0) is 16.9. The smallest absolute Gasteiger partial charge is 0.251 e. The van der Waals surface area contributed by atoms with Gasteiger partial charge in [-0.25, -0.2) is 0 Å². The average Bonchev–Trinajstić information content (AvgIpc) is 2.60. The number of fused-ring (bicyclic) bond motifs is 1. The first-order valence-electron chi connectivity index (χ1n) is 7.74. The van der Waals surface area contributed by atoms with Crippen molar-refractivity contribution in [2.24, 2.45) is 0 Å². The Bertz CT molecular complexity index is 746. The first-order valence-corrected chi connectivity index (χ1v) is 7.74. The van der Waals surface area contributed by atoms with Crippen LogP contribution in [0.3, 0.4) is 0 Å². The second kappa shape index (κ2) is 7.04. The highest BCUT2D eigenvalue weighted by Crippen LogP contribution is 2.33. The van der Waals surface area contributed by atoms with Gasteiger partial charge in [0.2, 0.25) is 5.91 Å². The molecule has 0 fully saturated rings. The molecule has 0 saturated carbocycles. The number of nitrogens with zero attached hydrogens (tertiary/aromatic N) is 1. The van der Waals surface area contributed by atoms with Gasteiger partial charge < -0.3 is 20.3 Å². The SMILES string of the molecule is CN1CCOc2cc(NC(=O)CNC(=O)c3ccccc3)ccc21. The molecule has 0 aromatic heterocycles. The Morgan fingerprint density at radius 3 is 2.75 bits per heavy atom. The number of amides is 2. The van der Waals surface area contributed by atoms with E-state index in [1.165, 1.54) is 0 Å². The largest absolute Gasteiger partial charge is 0.489 e. The standard InChI is InChI=1S/C18H19N3O3/c1-21-9-10-24-16-11-14(7-8-15(16)21)20-17(22)12-19-18(23)13-5-3-2-4-6-13/h2-8,11H,9-10,12H2,1H3,(H,19,23)(H,20,22). The lowest BCUT2D eigenvalue weighted by Crippen LogP contribution is -2.33. The van der Waals surface area contributed by atoms with Crippen molar-refractivity contribution in [2.45, 2.75) is 0 Å². The Balaban J connectivity index is 1.56. The van der Waals surface area contributed by atoms with Crippen molar-refractivity contribution in [3.05, 3.63) is 54.1 Å². The second-order valence-corrected chi connectivity index (χ2v) is 5.55. The molecular formula is C18H19N3O3. The van der Waals surface area contributed by atoms with Crippen molar-refractivity contribution in [3.8, 4) is 5.75 Å². The number of ether oxygens (including phenoxy) is 1. The maximum atomic E-state index is 12.0. The second-order valence-electron chi connectivity index (χ2n) is 5.55. The molecule has 0 spiro atoms.